The highest BCUT2D eigenvalue weighted by Crippen LogP contribution is 2.42. The van der Waals surface area contributed by atoms with Gasteiger partial charge in [-0.15, -0.1) is 0 Å². The zero-order chi connectivity index (χ0) is 21.9. The van der Waals surface area contributed by atoms with Gasteiger partial charge in [-0.3, -0.25) is 14.7 Å². The molecule has 3 atom stereocenters. The van der Waals surface area contributed by atoms with E-state index in [9.17, 15) is 9.90 Å². The van der Waals surface area contributed by atoms with Crippen LogP contribution in [0.5, 0.6) is 0 Å². The molecule has 5 heteroatoms. The van der Waals surface area contributed by atoms with Crippen LogP contribution in [-0.4, -0.2) is 64.1 Å². The van der Waals surface area contributed by atoms with E-state index in [2.05, 4.69) is 58.4 Å². The molecule has 3 aromatic rings. The van der Waals surface area contributed by atoms with E-state index in [1.54, 1.807) is 24.5 Å². The van der Waals surface area contributed by atoms with Gasteiger partial charge in [-0.1, -0.05) is 54.6 Å². The second-order valence-corrected chi connectivity index (χ2v) is 8.76. The third kappa shape index (κ3) is 3.94. The molecule has 1 amide bonds. The summed E-state index contributed by atoms with van der Waals surface area (Å²) in [5.41, 5.74) is 4.32. The number of hydrogen-bond acceptors (Lipinski definition) is 4. The molecule has 0 bridgehead atoms. The zero-order valence-electron chi connectivity index (χ0n) is 18.2. The van der Waals surface area contributed by atoms with Crippen molar-refractivity contribution in [2.45, 2.75) is 30.8 Å². The number of fused-ring (bicyclic) bond motifs is 1. The quantitative estimate of drug-likeness (QED) is 0.688. The van der Waals surface area contributed by atoms with Crippen molar-refractivity contribution in [2.24, 2.45) is 0 Å². The number of aliphatic hydroxyl groups is 1. The predicted molar refractivity (Wildman–Crippen MR) is 125 cm³/mol. The Morgan fingerprint density at radius 2 is 1.59 bits per heavy atom. The summed E-state index contributed by atoms with van der Waals surface area (Å²) in [5.74, 6) is 0.288. The van der Waals surface area contributed by atoms with Crippen LogP contribution in [0, 0.1) is 0 Å². The summed E-state index contributed by atoms with van der Waals surface area (Å²) in [6, 6.07) is 23.0. The maximum absolute atomic E-state index is 13.2. The minimum atomic E-state index is 0.0693. The van der Waals surface area contributed by atoms with Gasteiger partial charge in [0.15, 0.2) is 0 Å². The fourth-order valence-corrected chi connectivity index (χ4v) is 5.33. The number of nitrogens with zero attached hydrogens (tertiary/aromatic N) is 3. The molecule has 2 fully saturated rings. The first-order valence-corrected chi connectivity index (χ1v) is 11.5. The van der Waals surface area contributed by atoms with Gasteiger partial charge in [-0.25, -0.2) is 0 Å². The van der Waals surface area contributed by atoms with E-state index in [1.165, 1.54) is 16.7 Å². The van der Waals surface area contributed by atoms with Gasteiger partial charge in [-0.2, -0.15) is 0 Å². The van der Waals surface area contributed by atoms with Gasteiger partial charge in [0.2, 0.25) is 0 Å². The minimum Gasteiger partial charge on any atom is -0.395 e. The summed E-state index contributed by atoms with van der Waals surface area (Å²) >= 11 is 0. The van der Waals surface area contributed by atoms with Gasteiger partial charge in [0.1, 0.15) is 0 Å². The number of amides is 1. The summed E-state index contributed by atoms with van der Waals surface area (Å²) in [7, 11) is 0. The fourth-order valence-electron chi connectivity index (χ4n) is 5.33. The lowest BCUT2D eigenvalue weighted by molar-refractivity contribution is -0.0606. The molecule has 0 aliphatic carbocycles. The van der Waals surface area contributed by atoms with E-state index >= 15 is 0 Å². The largest absolute Gasteiger partial charge is 0.395 e. The van der Waals surface area contributed by atoms with Gasteiger partial charge >= 0.3 is 0 Å². The molecule has 164 valence electrons. The molecule has 32 heavy (non-hydrogen) atoms. The maximum Gasteiger partial charge on any atom is 0.254 e. The highest BCUT2D eigenvalue weighted by molar-refractivity contribution is 5.94. The van der Waals surface area contributed by atoms with Crippen LogP contribution in [0.3, 0.4) is 0 Å². The summed E-state index contributed by atoms with van der Waals surface area (Å²) in [6.07, 6.45) is 5.36. The van der Waals surface area contributed by atoms with Crippen LogP contribution in [0.1, 0.15) is 34.7 Å². The lowest BCUT2D eigenvalue weighted by Crippen LogP contribution is -2.67. The lowest BCUT2D eigenvalue weighted by atomic mass is 9.74. The topological polar surface area (TPSA) is 56.7 Å². The monoisotopic (exact) mass is 427 g/mol. The molecule has 0 spiro atoms. The van der Waals surface area contributed by atoms with Crippen molar-refractivity contribution in [3.8, 4) is 11.1 Å². The third-order valence-corrected chi connectivity index (χ3v) is 6.99. The number of carbonyl (C=O) groups is 1. The highest BCUT2D eigenvalue weighted by atomic mass is 16.3. The van der Waals surface area contributed by atoms with Crippen LogP contribution >= 0.6 is 0 Å². The first-order valence-electron chi connectivity index (χ1n) is 11.5. The number of aliphatic hydroxyl groups excluding tert-OH is 1. The molecule has 2 aliphatic heterocycles. The molecule has 0 unspecified atom stereocenters. The van der Waals surface area contributed by atoms with Crippen molar-refractivity contribution < 1.29 is 9.90 Å². The van der Waals surface area contributed by atoms with E-state index in [0.717, 1.165) is 25.9 Å². The van der Waals surface area contributed by atoms with Gasteiger partial charge < -0.3 is 10.0 Å². The first-order chi connectivity index (χ1) is 15.8. The smallest absolute Gasteiger partial charge is 0.254 e. The Morgan fingerprint density at radius 1 is 0.906 bits per heavy atom. The molecular formula is C27H29N3O2. The number of aromatic nitrogens is 1. The maximum atomic E-state index is 13.2. The SMILES string of the molecule is O=C(c1ccncc1)N1CCCCN2[C@@H](CO)[C@@H](c3ccc(-c4ccccc4)cc3)[C@@H]2C1. The van der Waals surface area contributed by atoms with Crippen molar-refractivity contribution >= 4 is 5.91 Å². The molecule has 2 aromatic carbocycles. The number of hydrogen-bond donors (Lipinski definition) is 1. The molecule has 3 heterocycles. The first kappa shape index (κ1) is 20.9. The average molecular weight is 428 g/mol. The van der Waals surface area contributed by atoms with Crippen LogP contribution in [0.4, 0.5) is 0 Å². The molecule has 1 aromatic heterocycles. The molecule has 5 rings (SSSR count). The van der Waals surface area contributed by atoms with E-state index in [0.29, 0.717) is 12.1 Å². The van der Waals surface area contributed by atoms with Crippen molar-refractivity contribution in [1.29, 1.82) is 0 Å². The van der Waals surface area contributed by atoms with Gasteiger partial charge in [-0.05, 0) is 48.2 Å². The fraction of sp³-hybridized carbons (Fsp3) is 0.333. The van der Waals surface area contributed by atoms with Gasteiger partial charge in [0.05, 0.1) is 6.61 Å². The standard InChI is InChI=1S/C27H29N3O2/c31-19-25-26(22-10-8-21(9-11-22)20-6-2-1-3-7-20)24-18-29(16-4-5-17-30(24)25)27(32)23-12-14-28-15-13-23/h1-3,6-15,24-26,31H,4-5,16-19H2/t24-,25-,26-/m0/s1. The molecule has 0 saturated carbocycles. The Bertz CT molecular complexity index is 1040. The number of pyridine rings is 1. The Hall–Kier alpha value is -3.02. The van der Waals surface area contributed by atoms with E-state index in [-0.39, 0.29) is 30.5 Å². The van der Waals surface area contributed by atoms with Crippen molar-refractivity contribution in [2.75, 3.05) is 26.2 Å². The Kier molecular flexibility index (Phi) is 6.02. The Morgan fingerprint density at radius 3 is 2.31 bits per heavy atom. The number of carbonyl (C=O) groups excluding carboxylic acids is 1. The second kappa shape index (κ2) is 9.23. The van der Waals surface area contributed by atoms with Crippen molar-refractivity contribution in [3.63, 3.8) is 0 Å². The van der Waals surface area contributed by atoms with Crippen LogP contribution in [0.2, 0.25) is 0 Å². The molecule has 2 saturated heterocycles. The summed E-state index contributed by atoms with van der Waals surface area (Å²) in [5, 5.41) is 10.2. The van der Waals surface area contributed by atoms with E-state index < -0.39 is 0 Å². The number of benzene rings is 2. The van der Waals surface area contributed by atoms with Crippen LogP contribution in [-0.2, 0) is 0 Å². The van der Waals surface area contributed by atoms with Crippen LogP contribution < -0.4 is 0 Å². The van der Waals surface area contributed by atoms with E-state index in [1.807, 2.05) is 11.0 Å². The number of rotatable bonds is 4. The summed E-state index contributed by atoms with van der Waals surface area (Å²) in [4.78, 5) is 21.6. The van der Waals surface area contributed by atoms with Crippen molar-refractivity contribution in [1.82, 2.24) is 14.8 Å². The molecule has 2 aliphatic rings. The van der Waals surface area contributed by atoms with Gasteiger partial charge in [0.25, 0.3) is 5.91 Å². The normalized spacial score (nSPS) is 23.5. The van der Waals surface area contributed by atoms with Crippen molar-refractivity contribution in [3.05, 3.63) is 90.3 Å². The minimum absolute atomic E-state index is 0.0693. The highest BCUT2D eigenvalue weighted by Gasteiger charge is 2.49. The van der Waals surface area contributed by atoms with Crippen LogP contribution in [0.15, 0.2) is 79.1 Å². The summed E-state index contributed by atoms with van der Waals surface area (Å²) < 4.78 is 0. The third-order valence-electron chi connectivity index (χ3n) is 6.99. The molecule has 0 radical (unpaired) electrons. The van der Waals surface area contributed by atoms with Gasteiger partial charge in [0, 0.05) is 49.0 Å². The molecular weight excluding hydrogens is 398 g/mol. The van der Waals surface area contributed by atoms with Crippen LogP contribution in [0.25, 0.3) is 11.1 Å². The second-order valence-electron chi connectivity index (χ2n) is 8.76. The Labute approximate surface area is 189 Å². The Balaban J connectivity index is 1.39. The molecule has 5 nitrogen and oxygen atoms in total. The average Bonchev–Trinajstić information content (AvgIpc) is 2.84. The zero-order valence-corrected chi connectivity index (χ0v) is 18.2. The summed E-state index contributed by atoms with van der Waals surface area (Å²) in [6.45, 7) is 2.57. The van der Waals surface area contributed by atoms with E-state index in [4.69, 9.17) is 0 Å². The predicted octanol–water partition coefficient (Wildman–Crippen LogP) is 3.81. The lowest BCUT2D eigenvalue weighted by Gasteiger charge is -2.57. The molecule has 1 N–H and O–H groups in total.